The van der Waals surface area contributed by atoms with Crippen molar-refractivity contribution < 1.29 is 14.3 Å². The molecule has 0 amide bonds. The highest BCUT2D eigenvalue weighted by Gasteiger charge is 2.22. The number of esters is 2. The van der Waals surface area contributed by atoms with E-state index in [1.807, 2.05) is 0 Å². The molecule has 0 aliphatic heterocycles. The molecule has 85 valence electrons. The lowest BCUT2D eigenvalue weighted by Gasteiger charge is -2.12. The zero-order valence-electron chi connectivity index (χ0n) is 9.27. The fourth-order valence-electron chi connectivity index (χ4n) is 1.06. The maximum Gasteiger partial charge on any atom is 0.345 e. The summed E-state index contributed by atoms with van der Waals surface area (Å²) in [5.74, 6) is -1.68. The molecule has 0 aliphatic rings. The zero-order chi connectivity index (χ0) is 12.1. The average molecular weight is 220 g/mol. The molecule has 0 heterocycles. The minimum Gasteiger partial charge on any atom is -0.388 e. The largest absolute Gasteiger partial charge is 0.388 e. The third-order valence-corrected chi connectivity index (χ3v) is 2.12. The Morgan fingerprint density at radius 1 is 1.19 bits per heavy atom. The van der Waals surface area contributed by atoms with E-state index in [0.29, 0.717) is 5.56 Å². The summed E-state index contributed by atoms with van der Waals surface area (Å²) >= 11 is 0. The predicted octanol–water partition coefficient (Wildman–Crippen LogP) is 1.68. The van der Waals surface area contributed by atoms with Crippen molar-refractivity contribution in [2.24, 2.45) is 5.92 Å². The Morgan fingerprint density at radius 2 is 1.75 bits per heavy atom. The number of hydrogen-bond acceptors (Lipinski definition) is 3. The summed E-state index contributed by atoms with van der Waals surface area (Å²) in [4.78, 5) is 22.8. The van der Waals surface area contributed by atoms with Crippen LogP contribution in [0.5, 0.6) is 0 Å². The molecule has 1 N–H and O–H groups in total. The smallest absolute Gasteiger partial charge is 0.345 e. The maximum absolute atomic E-state index is 11.5. The van der Waals surface area contributed by atoms with Gasteiger partial charge in [0.05, 0.1) is 5.56 Å². The van der Waals surface area contributed by atoms with Gasteiger partial charge in [0.25, 0.3) is 0 Å². The van der Waals surface area contributed by atoms with Crippen molar-refractivity contribution in [3.05, 3.63) is 35.9 Å². The Labute approximate surface area is 94.4 Å². The minimum atomic E-state index is -1.02. The number of rotatable bonds is 3. The molecule has 0 saturated heterocycles. The molecule has 0 unspecified atom stereocenters. The quantitative estimate of drug-likeness (QED) is 0.575. The third kappa shape index (κ3) is 3.17. The van der Waals surface area contributed by atoms with Crippen molar-refractivity contribution in [2.75, 3.05) is 0 Å². The van der Waals surface area contributed by atoms with Crippen LogP contribution in [-0.4, -0.2) is 18.0 Å². The van der Waals surface area contributed by atoms with Crippen LogP contribution in [0.15, 0.2) is 30.3 Å². The van der Waals surface area contributed by atoms with Crippen LogP contribution in [-0.2, 0) is 9.53 Å². The number of benzene rings is 1. The number of carbonyl (C=O) groups excluding carboxylic acids is 2. The summed E-state index contributed by atoms with van der Waals surface area (Å²) in [6.07, 6.45) is 0. The van der Waals surface area contributed by atoms with Crippen LogP contribution in [0.4, 0.5) is 0 Å². The summed E-state index contributed by atoms with van der Waals surface area (Å²) in [5.41, 5.74) is 7.77. The van der Waals surface area contributed by atoms with Crippen LogP contribution in [0.3, 0.4) is 0 Å². The molecule has 4 heteroatoms. The lowest BCUT2D eigenvalue weighted by atomic mass is 10.1. The van der Waals surface area contributed by atoms with Gasteiger partial charge in [-0.05, 0) is 18.1 Å². The van der Waals surface area contributed by atoms with E-state index in [1.54, 1.807) is 44.2 Å². The molecule has 0 bridgehead atoms. The highest BCUT2D eigenvalue weighted by Crippen LogP contribution is 2.06. The second-order valence-corrected chi connectivity index (χ2v) is 3.80. The monoisotopic (exact) mass is 220 g/mol. The van der Waals surface area contributed by atoms with Gasteiger partial charge in [-0.25, -0.2) is 15.3 Å². The first-order valence-corrected chi connectivity index (χ1v) is 5.04. The molecule has 1 rings (SSSR count). The van der Waals surface area contributed by atoms with E-state index in [9.17, 15) is 9.59 Å². The SMILES string of the molecule is CC(C)[C@H]([NH])C(=O)OC(=O)c1ccccc1. The van der Waals surface area contributed by atoms with Crippen molar-refractivity contribution in [3.8, 4) is 0 Å². The molecule has 1 aromatic carbocycles. The van der Waals surface area contributed by atoms with Crippen LogP contribution in [0.2, 0.25) is 0 Å². The first-order valence-electron chi connectivity index (χ1n) is 5.04. The first-order chi connectivity index (χ1) is 7.52. The first kappa shape index (κ1) is 12.4. The molecule has 1 aromatic rings. The topological polar surface area (TPSA) is 67.2 Å². The number of nitrogens with one attached hydrogen (secondary N) is 1. The van der Waals surface area contributed by atoms with E-state index in [4.69, 9.17) is 5.73 Å². The summed E-state index contributed by atoms with van der Waals surface area (Å²) in [6.45, 7) is 3.46. The lowest BCUT2D eigenvalue weighted by molar-refractivity contribution is -0.140. The van der Waals surface area contributed by atoms with Gasteiger partial charge in [-0.2, -0.15) is 0 Å². The van der Waals surface area contributed by atoms with Gasteiger partial charge < -0.3 is 4.74 Å². The second kappa shape index (κ2) is 5.42. The highest BCUT2D eigenvalue weighted by atomic mass is 16.6. The average Bonchev–Trinajstić information content (AvgIpc) is 2.28. The van der Waals surface area contributed by atoms with E-state index < -0.39 is 18.0 Å². The van der Waals surface area contributed by atoms with Gasteiger partial charge in [0, 0.05) is 0 Å². The summed E-state index contributed by atoms with van der Waals surface area (Å²) in [5, 5.41) is 0. The Bertz CT molecular complexity index is 373. The molecule has 16 heavy (non-hydrogen) atoms. The standard InChI is InChI=1S/C12H14NO3/c1-8(2)10(13)12(15)16-11(14)9-6-4-3-5-7-9/h3-8,10,13H,1-2H3/t10-/m0/s1. The zero-order valence-corrected chi connectivity index (χ0v) is 9.27. The molecule has 0 fully saturated rings. The number of carbonyl (C=O) groups is 2. The van der Waals surface area contributed by atoms with Crippen molar-refractivity contribution in [1.82, 2.24) is 5.73 Å². The Balaban J connectivity index is 2.62. The van der Waals surface area contributed by atoms with E-state index in [1.165, 1.54) is 0 Å². The molecular formula is C12H14NO3. The molecule has 1 radical (unpaired) electrons. The summed E-state index contributed by atoms with van der Waals surface area (Å²) in [6, 6.07) is 7.23. The van der Waals surface area contributed by atoms with Gasteiger partial charge in [0.15, 0.2) is 0 Å². The van der Waals surface area contributed by atoms with Gasteiger partial charge >= 0.3 is 11.9 Å². The summed E-state index contributed by atoms with van der Waals surface area (Å²) in [7, 11) is 0. The van der Waals surface area contributed by atoms with Crippen molar-refractivity contribution in [2.45, 2.75) is 19.9 Å². The molecule has 0 spiro atoms. The summed E-state index contributed by atoms with van der Waals surface area (Å²) < 4.78 is 4.59. The second-order valence-electron chi connectivity index (χ2n) is 3.80. The van der Waals surface area contributed by atoms with Crippen LogP contribution in [0, 0.1) is 5.92 Å². The number of ether oxygens (including phenoxy) is 1. The Morgan fingerprint density at radius 3 is 2.25 bits per heavy atom. The van der Waals surface area contributed by atoms with Crippen molar-refractivity contribution in [3.63, 3.8) is 0 Å². The maximum atomic E-state index is 11.5. The van der Waals surface area contributed by atoms with E-state index >= 15 is 0 Å². The normalized spacial score (nSPS) is 12.2. The Kier molecular flexibility index (Phi) is 4.19. The van der Waals surface area contributed by atoms with Gasteiger partial charge in [-0.1, -0.05) is 32.0 Å². The molecule has 1 atom stereocenters. The van der Waals surface area contributed by atoms with Crippen LogP contribution in [0.25, 0.3) is 0 Å². The fourth-order valence-corrected chi connectivity index (χ4v) is 1.06. The Hall–Kier alpha value is -1.68. The van der Waals surface area contributed by atoms with Gasteiger partial charge in [-0.3, -0.25) is 0 Å². The van der Waals surface area contributed by atoms with Crippen LogP contribution in [0.1, 0.15) is 24.2 Å². The van der Waals surface area contributed by atoms with Crippen LogP contribution >= 0.6 is 0 Å². The van der Waals surface area contributed by atoms with E-state index in [-0.39, 0.29) is 5.92 Å². The predicted molar refractivity (Wildman–Crippen MR) is 58.6 cm³/mol. The molecular weight excluding hydrogens is 206 g/mol. The molecule has 4 nitrogen and oxygen atoms in total. The lowest BCUT2D eigenvalue weighted by Crippen LogP contribution is -2.31. The molecule has 0 aliphatic carbocycles. The molecule has 0 aromatic heterocycles. The van der Waals surface area contributed by atoms with Gasteiger partial charge in [0.1, 0.15) is 6.04 Å². The highest BCUT2D eigenvalue weighted by molar-refractivity contribution is 5.98. The third-order valence-electron chi connectivity index (χ3n) is 2.12. The van der Waals surface area contributed by atoms with Gasteiger partial charge in [0.2, 0.25) is 0 Å². The van der Waals surface area contributed by atoms with Crippen molar-refractivity contribution >= 4 is 11.9 Å². The molecule has 0 saturated carbocycles. The van der Waals surface area contributed by atoms with E-state index in [0.717, 1.165) is 0 Å². The fraction of sp³-hybridized carbons (Fsp3) is 0.333. The van der Waals surface area contributed by atoms with Gasteiger partial charge in [-0.15, -0.1) is 0 Å². The van der Waals surface area contributed by atoms with E-state index in [2.05, 4.69) is 4.74 Å². The minimum absolute atomic E-state index is 0.170. The van der Waals surface area contributed by atoms with Crippen molar-refractivity contribution in [1.29, 1.82) is 0 Å². The number of hydrogen-bond donors (Lipinski definition) is 0. The van der Waals surface area contributed by atoms with Crippen LogP contribution < -0.4 is 5.73 Å².